The predicted octanol–water partition coefficient (Wildman–Crippen LogP) is 2.11. The van der Waals surface area contributed by atoms with Crippen molar-refractivity contribution in [2.24, 2.45) is 5.73 Å². The number of nitrogens with one attached hydrogen (secondary N) is 3. The summed E-state index contributed by atoms with van der Waals surface area (Å²) < 4.78 is 5.20. The molecule has 12 nitrogen and oxygen atoms in total. The maximum absolute atomic E-state index is 13.8. The normalized spacial score (nSPS) is 16.6. The number of alkyl carbamates (subject to hydrolysis) is 1. The lowest BCUT2D eigenvalue weighted by molar-refractivity contribution is -0.147. The van der Waals surface area contributed by atoms with E-state index in [4.69, 9.17) is 10.5 Å². The molecule has 3 aromatic rings. The summed E-state index contributed by atoms with van der Waals surface area (Å²) in [6.45, 7) is 2.03. The summed E-state index contributed by atoms with van der Waals surface area (Å²) in [4.78, 5) is 66.3. The third-order valence-electron chi connectivity index (χ3n) is 7.98. The van der Waals surface area contributed by atoms with Crippen LogP contribution in [-0.2, 0) is 36.9 Å². The average Bonchev–Trinajstić information content (AvgIpc) is 3.57. The molecule has 5 amide bonds. The Morgan fingerprint density at radius 1 is 0.872 bits per heavy atom. The van der Waals surface area contributed by atoms with Gasteiger partial charge in [-0.05, 0) is 42.9 Å². The molecule has 4 rings (SSSR count). The largest absolute Gasteiger partial charge is 0.445 e. The second kappa shape index (κ2) is 16.9. The van der Waals surface area contributed by atoms with E-state index in [9.17, 15) is 29.1 Å². The van der Waals surface area contributed by atoms with E-state index in [0.29, 0.717) is 24.0 Å². The zero-order valence-electron chi connectivity index (χ0n) is 26.2. The van der Waals surface area contributed by atoms with E-state index in [-0.39, 0.29) is 31.5 Å². The van der Waals surface area contributed by atoms with E-state index in [1.165, 1.54) is 4.90 Å². The van der Waals surface area contributed by atoms with Crippen molar-refractivity contribution in [3.8, 4) is 0 Å². The minimum absolute atomic E-state index is 0.0387. The predicted molar refractivity (Wildman–Crippen MR) is 173 cm³/mol. The SMILES string of the molecule is C[C@H](NC(=O)[C@@H]1CCCN1C(=O)[C@@H](O)[C@H](Cc1ccccc1)NC(=O)[C@H](CC(N)=O)NC(=O)OCc1ccccc1)c1ccccc1. The van der Waals surface area contributed by atoms with Gasteiger partial charge in [0.2, 0.25) is 17.7 Å². The molecule has 0 bridgehead atoms. The van der Waals surface area contributed by atoms with Gasteiger partial charge in [0.15, 0.2) is 6.10 Å². The Morgan fingerprint density at radius 3 is 2.09 bits per heavy atom. The Bertz CT molecular complexity index is 1510. The van der Waals surface area contributed by atoms with Crippen molar-refractivity contribution in [3.63, 3.8) is 0 Å². The van der Waals surface area contributed by atoms with Crippen molar-refractivity contribution in [2.45, 2.75) is 69.5 Å². The van der Waals surface area contributed by atoms with Crippen LogP contribution in [-0.4, -0.2) is 70.5 Å². The Hall–Kier alpha value is -5.23. The molecule has 12 heteroatoms. The van der Waals surface area contributed by atoms with Crippen LogP contribution in [0, 0.1) is 0 Å². The number of nitrogens with zero attached hydrogens (tertiary/aromatic N) is 1. The highest BCUT2D eigenvalue weighted by molar-refractivity contribution is 5.93. The third-order valence-corrected chi connectivity index (χ3v) is 7.98. The van der Waals surface area contributed by atoms with Crippen LogP contribution in [0.2, 0.25) is 0 Å². The first-order chi connectivity index (χ1) is 22.6. The number of carbonyl (C=O) groups excluding carboxylic acids is 5. The topological polar surface area (TPSA) is 180 Å². The number of aliphatic hydroxyl groups excluding tert-OH is 1. The molecular formula is C35H41N5O7. The van der Waals surface area contributed by atoms with Gasteiger partial charge in [0.25, 0.3) is 5.91 Å². The van der Waals surface area contributed by atoms with Gasteiger partial charge in [0, 0.05) is 6.54 Å². The van der Waals surface area contributed by atoms with E-state index < -0.39 is 54.5 Å². The number of likely N-dealkylation sites (tertiary alicyclic amines) is 1. The summed E-state index contributed by atoms with van der Waals surface area (Å²) in [6, 6.07) is 23.5. The van der Waals surface area contributed by atoms with Crippen molar-refractivity contribution in [1.82, 2.24) is 20.9 Å². The molecule has 47 heavy (non-hydrogen) atoms. The lowest BCUT2D eigenvalue weighted by Crippen LogP contribution is -2.58. The number of amides is 5. The van der Waals surface area contributed by atoms with Crippen LogP contribution in [0.15, 0.2) is 91.0 Å². The fraction of sp³-hybridized carbons (Fsp3) is 0.343. The Kier molecular flexibility index (Phi) is 12.5. The molecule has 1 fully saturated rings. The van der Waals surface area contributed by atoms with E-state index in [1.807, 2.05) is 43.3 Å². The van der Waals surface area contributed by atoms with Crippen molar-refractivity contribution in [2.75, 3.05) is 6.54 Å². The summed E-state index contributed by atoms with van der Waals surface area (Å²) in [6.07, 6.45) is -2.25. The first kappa shape index (κ1) is 34.6. The van der Waals surface area contributed by atoms with Crippen molar-refractivity contribution >= 4 is 29.7 Å². The smallest absolute Gasteiger partial charge is 0.408 e. The second-order valence-corrected chi connectivity index (χ2v) is 11.5. The molecule has 6 N–H and O–H groups in total. The van der Waals surface area contributed by atoms with Crippen LogP contribution in [0.5, 0.6) is 0 Å². The van der Waals surface area contributed by atoms with Crippen molar-refractivity contribution < 1.29 is 33.8 Å². The standard InChI is InChI=1S/C35H41N5O7/c1-23(26-16-9-4-10-17-26)37-33(44)29-18-11-19-40(29)34(45)31(42)27(20-24-12-5-2-6-13-24)38-32(43)28(21-30(36)41)39-35(46)47-22-25-14-7-3-8-15-25/h2-10,12-17,23,27-29,31,42H,11,18-22H2,1H3,(H2,36,41)(H,37,44)(H,38,43)(H,39,46)/t23-,27-,28-,29-,31-/m0/s1. The van der Waals surface area contributed by atoms with Crippen LogP contribution >= 0.6 is 0 Å². The number of hydrogen-bond acceptors (Lipinski definition) is 7. The fourth-order valence-corrected chi connectivity index (χ4v) is 5.49. The maximum atomic E-state index is 13.8. The van der Waals surface area contributed by atoms with Gasteiger partial charge in [-0.3, -0.25) is 19.2 Å². The van der Waals surface area contributed by atoms with Gasteiger partial charge in [-0.1, -0.05) is 91.0 Å². The first-order valence-electron chi connectivity index (χ1n) is 15.6. The molecule has 0 saturated carbocycles. The summed E-state index contributed by atoms with van der Waals surface area (Å²) in [7, 11) is 0. The summed E-state index contributed by atoms with van der Waals surface area (Å²) in [5.41, 5.74) is 7.70. The molecule has 3 aromatic carbocycles. The molecule has 0 aliphatic carbocycles. The zero-order valence-corrected chi connectivity index (χ0v) is 26.2. The Morgan fingerprint density at radius 2 is 1.47 bits per heavy atom. The molecule has 248 valence electrons. The number of hydrogen-bond donors (Lipinski definition) is 5. The van der Waals surface area contributed by atoms with Crippen LogP contribution < -0.4 is 21.7 Å². The maximum Gasteiger partial charge on any atom is 0.408 e. The lowest BCUT2D eigenvalue weighted by Gasteiger charge is -2.31. The first-order valence-corrected chi connectivity index (χ1v) is 15.6. The molecule has 5 atom stereocenters. The van der Waals surface area contributed by atoms with E-state index in [0.717, 1.165) is 5.56 Å². The van der Waals surface area contributed by atoms with E-state index in [2.05, 4.69) is 16.0 Å². The second-order valence-electron chi connectivity index (χ2n) is 11.5. The molecule has 0 aromatic heterocycles. The quantitative estimate of drug-likeness (QED) is 0.178. The zero-order chi connectivity index (χ0) is 33.8. The number of ether oxygens (including phenoxy) is 1. The number of carbonyl (C=O) groups is 5. The van der Waals surface area contributed by atoms with Crippen LogP contribution in [0.3, 0.4) is 0 Å². The molecule has 1 heterocycles. The van der Waals surface area contributed by atoms with E-state index in [1.54, 1.807) is 54.6 Å². The highest BCUT2D eigenvalue weighted by Crippen LogP contribution is 2.22. The van der Waals surface area contributed by atoms with Crippen LogP contribution in [0.4, 0.5) is 4.79 Å². The molecule has 1 aliphatic heterocycles. The number of nitrogens with two attached hydrogens (primary N) is 1. The summed E-state index contributed by atoms with van der Waals surface area (Å²) in [5, 5.41) is 19.4. The lowest BCUT2D eigenvalue weighted by atomic mass is 9.99. The number of benzene rings is 3. The average molecular weight is 644 g/mol. The van der Waals surface area contributed by atoms with Gasteiger partial charge in [-0.2, -0.15) is 0 Å². The van der Waals surface area contributed by atoms with Crippen molar-refractivity contribution in [3.05, 3.63) is 108 Å². The minimum Gasteiger partial charge on any atom is -0.445 e. The fourth-order valence-electron chi connectivity index (χ4n) is 5.49. The van der Waals surface area contributed by atoms with Crippen LogP contribution in [0.1, 0.15) is 48.9 Å². The summed E-state index contributed by atoms with van der Waals surface area (Å²) in [5.74, 6) is -2.78. The Labute approximate surface area is 273 Å². The third kappa shape index (κ3) is 10.1. The molecular weight excluding hydrogens is 602 g/mol. The van der Waals surface area contributed by atoms with E-state index >= 15 is 0 Å². The van der Waals surface area contributed by atoms with Gasteiger partial charge in [0.05, 0.1) is 18.5 Å². The summed E-state index contributed by atoms with van der Waals surface area (Å²) >= 11 is 0. The number of rotatable bonds is 14. The number of primary amides is 1. The van der Waals surface area contributed by atoms with Gasteiger partial charge >= 0.3 is 6.09 Å². The number of aliphatic hydroxyl groups is 1. The van der Waals surface area contributed by atoms with Gasteiger partial charge in [0.1, 0.15) is 18.7 Å². The highest BCUT2D eigenvalue weighted by Gasteiger charge is 2.40. The minimum atomic E-state index is -1.75. The molecule has 1 aliphatic rings. The van der Waals surface area contributed by atoms with Crippen molar-refractivity contribution in [1.29, 1.82) is 0 Å². The Balaban J connectivity index is 1.47. The van der Waals surface area contributed by atoms with Gasteiger partial charge in [-0.25, -0.2) is 4.79 Å². The molecule has 0 unspecified atom stereocenters. The van der Waals surface area contributed by atoms with Crippen LogP contribution in [0.25, 0.3) is 0 Å². The molecule has 1 saturated heterocycles. The highest BCUT2D eigenvalue weighted by atomic mass is 16.5. The van der Waals surface area contributed by atoms with Gasteiger partial charge in [-0.15, -0.1) is 0 Å². The van der Waals surface area contributed by atoms with Gasteiger partial charge < -0.3 is 36.4 Å². The molecule has 0 spiro atoms. The molecule has 0 radical (unpaired) electrons. The monoisotopic (exact) mass is 643 g/mol.